The van der Waals surface area contributed by atoms with E-state index in [-0.39, 0.29) is 5.91 Å². The molecule has 0 fully saturated rings. The van der Waals surface area contributed by atoms with Crippen molar-refractivity contribution in [2.75, 3.05) is 26.3 Å². The van der Waals surface area contributed by atoms with Crippen LogP contribution in [-0.4, -0.2) is 32.2 Å². The summed E-state index contributed by atoms with van der Waals surface area (Å²) in [6, 6.07) is 5.27. The third-order valence-electron chi connectivity index (χ3n) is 2.93. The first-order valence-corrected chi connectivity index (χ1v) is 7.60. The Bertz CT molecular complexity index is 436. The molecule has 3 N–H and O–H groups in total. The van der Waals surface area contributed by atoms with Crippen LogP contribution in [0.3, 0.4) is 0 Å². The Hall–Kier alpha value is -1.75. The Morgan fingerprint density at radius 3 is 2.67 bits per heavy atom. The van der Waals surface area contributed by atoms with Gasteiger partial charge in [-0.15, -0.1) is 0 Å². The summed E-state index contributed by atoms with van der Waals surface area (Å²) in [7, 11) is 0. The van der Waals surface area contributed by atoms with Gasteiger partial charge in [0, 0.05) is 12.1 Å². The molecule has 0 heterocycles. The zero-order chi connectivity index (χ0) is 15.5. The second-order valence-corrected chi connectivity index (χ2v) is 4.69. The van der Waals surface area contributed by atoms with Crippen LogP contribution in [0.5, 0.6) is 11.5 Å². The molecule has 1 rings (SSSR count). The number of amides is 1. The maximum Gasteiger partial charge on any atom is 0.251 e. The van der Waals surface area contributed by atoms with E-state index in [0.29, 0.717) is 43.4 Å². The van der Waals surface area contributed by atoms with Crippen molar-refractivity contribution in [3.05, 3.63) is 23.8 Å². The number of rotatable bonds is 10. The van der Waals surface area contributed by atoms with Gasteiger partial charge in [0.25, 0.3) is 5.91 Å². The molecule has 0 saturated heterocycles. The van der Waals surface area contributed by atoms with E-state index in [1.54, 1.807) is 18.2 Å². The van der Waals surface area contributed by atoms with Gasteiger partial charge in [0.2, 0.25) is 0 Å². The summed E-state index contributed by atoms with van der Waals surface area (Å²) in [6.07, 6.45) is 2.83. The Balaban J connectivity index is 2.74. The average Bonchev–Trinajstić information content (AvgIpc) is 2.49. The topological polar surface area (TPSA) is 73.6 Å². The van der Waals surface area contributed by atoms with Gasteiger partial charge in [0.05, 0.1) is 13.2 Å². The quantitative estimate of drug-likeness (QED) is 0.650. The molecule has 21 heavy (non-hydrogen) atoms. The van der Waals surface area contributed by atoms with Crippen molar-refractivity contribution >= 4 is 5.91 Å². The van der Waals surface area contributed by atoms with E-state index in [9.17, 15) is 4.79 Å². The minimum absolute atomic E-state index is 0.121. The van der Waals surface area contributed by atoms with Crippen molar-refractivity contribution in [1.29, 1.82) is 0 Å². The van der Waals surface area contributed by atoms with Crippen molar-refractivity contribution in [2.24, 2.45) is 5.73 Å². The Morgan fingerprint density at radius 1 is 1.19 bits per heavy atom. The smallest absolute Gasteiger partial charge is 0.251 e. The SMILES string of the molecule is CCCCOc1ccc(C(=O)NCCCN)cc1OCC. The predicted octanol–water partition coefficient (Wildman–Crippen LogP) is 2.34. The fourth-order valence-corrected chi connectivity index (χ4v) is 1.77. The summed E-state index contributed by atoms with van der Waals surface area (Å²) in [5, 5.41) is 2.83. The molecule has 5 heteroatoms. The molecular formula is C16H26N2O3. The number of carbonyl (C=O) groups excluding carboxylic acids is 1. The number of nitrogens with two attached hydrogens (primary N) is 1. The second-order valence-electron chi connectivity index (χ2n) is 4.69. The highest BCUT2D eigenvalue weighted by Gasteiger charge is 2.11. The van der Waals surface area contributed by atoms with Gasteiger partial charge in [-0.2, -0.15) is 0 Å². The van der Waals surface area contributed by atoms with Gasteiger partial charge in [0.15, 0.2) is 11.5 Å². The van der Waals surface area contributed by atoms with Gasteiger partial charge in [0.1, 0.15) is 0 Å². The molecule has 1 aromatic rings. The first-order chi connectivity index (χ1) is 10.2. The van der Waals surface area contributed by atoms with Crippen LogP contribution in [0.25, 0.3) is 0 Å². The lowest BCUT2D eigenvalue weighted by Gasteiger charge is -2.13. The molecule has 0 saturated carbocycles. The average molecular weight is 294 g/mol. The number of benzene rings is 1. The molecule has 5 nitrogen and oxygen atoms in total. The minimum Gasteiger partial charge on any atom is -0.490 e. The van der Waals surface area contributed by atoms with Crippen LogP contribution in [0.4, 0.5) is 0 Å². The molecule has 1 aromatic carbocycles. The van der Waals surface area contributed by atoms with E-state index in [1.807, 2.05) is 6.92 Å². The highest BCUT2D eigenvalue weighted by atomic mass is 16.5. The molecule has 1 amide bonds. The Kier molecular flexibility index (Phi) is 8.28. The molecule has 118 valence electrons. The molecule has 0 spiro atoms. The predicted molar refractivity (Wildman–Crippen MR) is 84.0 cm³/mol. The lowest BCUT2D eigenvalue weighted by Crippen LogP contribution is -2.25. The first-order valence-electron chi connectivity index (χ1n) is 7.60. The van der Waals surface area contributed by atoms with Gasteiger partial charge < -0.3 is 20.5 Å². The number of ether oxygens (including phenoxy) is 2. The summed E-state index contributed by atoms with van der Waals surface area (Å²) >= 11 is 0. The number of hydrogen-bond acceptors (Lipinski definition) is 4. The monoisotopic (exact) mass is 294 g/mol. The van der Waals surface area contributed by atoms with Crippen LogP contribution in [0, 0.1) is 0 Å². The standard InChI is InChI=1S/C16H26N2O3/c1-3-5-11-21-14-8-7-13(12-15(14)20-4-2)16(19)18-10-6-9-17/h7-8,12H,3-6,9-11,17H2,1-2H3,(H,18,19). The first kappa shape index (κ1) is 17.3. The molecule has 0 bridgehead atoms. The van der Waals surface area contributed by atoms with Crippen molar-refractivity contribution in [3.63, 3.8) is 0 Å². The summed E-state index contributed by atoms with van der Waals surface area (Å²) in [5.41, 5.74) is 5.97. The van der Waals surface area contributed by atoms with Crippen LogP contribution in [0.1, 0.15) is 43.5 Å². The zero-order valence-electron chi connectivity index (χ0n) is 13.0. The largest absolute Gasteiger partial charge is 0.490 e. The molecule has 0 aliphatic heterocycles. The van der Waals surface area contributed by atoms with Gasteiger partial charge >= 0.3 is 0 Å². The minimum atomic E-state index is -0.121. The van der Waals surface area contributed by atoms with Crippen LogP contribution in [0.15, 0.2) is 18.2 Å². The zero-order valence-corrected chi connectivity index (χ0v) is 13.0. The highest BCUT2D eigenvalue weighted by Crippen LogP contribution is 2.28. The maximum atomic E-state index is 12.0. The summed E-state index contributed by atoms with van der Waals surface area (Å²) in [4.78, 5) is 12.0. The van der Waals surface area contributed by atoms with Crippen LogP contribution >= 0.6 is 0 Å². The molecule has 0 atom stereocenters. The van der Waals surface area contributed by atoms with Crippen molar-refractivity contribution < 1.29 is 14.3 Å². The van der Waals surface area contributed by atoms with Gasteiger partial charge in [-0.1, -0.05) is 13.3 Å². The molecule has 0 aliphatic rings. The summed E-state index contributed by atoms with van der Waals surface area (Å²) < 4.78 is 11.2. The Morgan fingerprint density at radius 2 is 2.00 bits per heavy atom. The fraction of sp³-hybridized carbons (Fsp3) is 0.562. The lowest BCUT2D eigenvalue weighted by molar-refractivity contribution is 0.0953. The lowest BCUT2D eigenvalue weighted by atomic mass is 10.2. The van der Waals surface area contributed by atoms with E-state index in [4.69, 9.17) is 15.2 Å². The Labute approximate surface area is 126 Å². The number of hydrogen-bond donors (Lipinski definition) is 2. The molecule has 0 unspecified atom stereocenters. The van der Waals surface area contributed by atoms with Crippen LogP contribution in [0.2, 0.25) is 0 Å². The third kappa shape index (κ3) is 6.04. The van der Waals surface area contributed by atoms with Gasteiger partial charge in [-0.05, 0) is 44.5 Å². The molecule has 0 radical (unpaired) electrons. The normalized spacial score (nSPS) is 10.2. The number of nitrogens with one attached hydrogen (secondary N) is 1. The number of carbonyl (C=O) groups is 1. The van der Waals surface area contributed by atoms with Crippen LogP contribution in [-0.2, 0) is 0 Å². The summed E-state index contributed by atoms with van der Waals surface area (Å²) in [5.74, 6) is 1.17. The van der Waals surface area contributed by atoms with E-state index in [0.717, 1.165) is 19.3 Å². The highest BCUT2D eigenvalue weighted by molar-refractivity contribution is 5.94. The van der Waals surface area contributed by atoms with Crippen molar-refractivity contribution in [1.82, 2.24) is 5.32 Å². The van der Waals surface area contributed by atoms with E-state index >= 15 is 0 Å². The van der Waals surface area contributed by atoms with E-state index in [1.165, 1.54) is 0 Å². The van der Waals surface area contributed by atoms with E-state index < -0.39 is 0 Å². The van der Waals surface area contributed by atoms with Crippen molar-refractivity contribution in [3.8, 4) is 11.5 Å². The summed E-state index contributed by atoms with van der Waals surface area (Å²) in [6.45, 7) is 6.34. The maximum absolute atomic E-state index is 12.0. The van der Waals surface area contributed by atoms with Crippen molar-refractivity contribution in [2.45, 2.75) is 33.1 Å². The van der Waals surface area contributed by atoms with Gasteiger partial charge in [-0.3, -0.25) is 4.79 Å². The van der Waals surface area contributed by atoms with Crippen LogP contribution < -0.4 is 20.5 Å². The molecule has 0 aromatic heterocycles. The molecule has 0 aliphatic carbocycles. The van der Waals surface area contributed by atoms with Gasteiger partial charge in [-0.25, -0.2) is 0 Å². The number of unbranched alkanes of at least 4 members (excludes halogenated alkanes) is 1. The van der Waals surface area contributed by atoms with E-state index in [2.05, 4.69) is 12.2 Å². The fourth-order valence-electron chi connectivity index (χ4n) is 1.77. The third-order valence-corrected chi connectivity index (χ3v) is 2.93. The second kappa shape index (κ2) is 10.0. The molecular weight excluding hydrogens is 268 g/mol.